The van der Waals surface area contributed by atoms with Crippen molar-refractivity contribution in [1.82, 2.24) is 9.97 Å². The van der Waals surface area contributed by atoms with Gasteiger partial charge in [-0.25, -0.2) is 9.97 Å². The van der Waals surface area contributed by atoms with E-state index in [-0.39, 0.29) is 5.92 Å². The number of benzene rings is 4. The molecular formula is C27H22N2. The number of rotatable bonds is 3. The lowest BCUT2D eigenvalue weighted by atomic mass is 9.95. The van der Waals surface area contributed by atoms with Gasteiger partial charge in [-0.3, -0.25) is 0 Å². The van der Waals surface area contributed by atoms with E-state index in [1.54, 1.807) is 0 Å². The minimum absolute atomic E-state index is 0.259. The normalized spacial score (nSPS) is 11.4. The van der Waals surface area contributed by atoms with Crippen LogP contribution in [0.15, 0.2) is 91.0 Å². The van der Waals surface area contributed by atoms with Gasteiger partial charge in [-0.2, -0.15) is 0 Å². The highest BCUT2D eigenvalue weighted by Crippen LogP contribution is 2.36. The van der Waals surface area contributed by atoms with Crippen LogP contribution in [0.4, 0.5) is 0 Å². The van der Waals surface area contributed by atoms with Gasteiger partial charge in [0.05, 0.1) is 11.2 Å². The summed E-state index contributed by atoms with van der Waals surface area (Å²) in [6.07, 6.45) is 0. The van der Waals surface area contributed by atoms with E-state index in [1.807, 2.05) is 6.07 Å². The molecule has 5 aromatic rings. The average Bonchev–Trinajstić information content (AvgIpc) is 2.79. The van der Waals surface area contributed by atoms with Crippen molar-refractivity contribution in [2.24, 2.45) is 0 Å². The third-order valence-corrected chi connectivity index (χ3v) is 5.39. The van der Waals surface area contributed by atoms with Gasteiger partial charge >= 0.3 is 0 Å². The summed E-state index contributed by atoms with van der Waals surface area (Å²) in [4.78, 5) is 9.96. The van der Waals surface area contributed by atoms with Crippen LogP contribution in [0.3, 0.4) is 0 Å². The predicted octanol–water partition coefficient (Wildman–Crippen LogP) is 7.24. The van der Waals surface area contributed by atoms with Crippen LogP contribution in [0.1, 0.15) is 25.6 Å². The largest absolute Gasteiger partial charge is 0.232 e. The quantitative estimate of drug-likeness (QED) is 0.311. The second kappa shape index (κ2) is 7.14. The highest BCUT2D eigenvalue weighted by atomic mass is 14.9. The molecule has 0 aliphatic rings. The third kappa shape index (κ3) is 3.07. The van der Waals surface area contributed by atoms with E-state index in [0.29, 0.717) is 0 Å². The molecule has 0 aliphatic carbocycles. The SMILES string of the molecule is CC(C)c1nc(-c2ccccc2)c2ccc3c(-c4ccccc4)cccc3c2n1. The maximum Gasteiger partial charge on any atom is 0.132 e. The molecule has 0 N–H and O–H groups in total. The molecule has 0 radical (unpaired) electrons. The first-order valence-corrected chi connectivity index (χ1v) is 10.1. The lowest BCUT2D eigenvalue weighted by Gasteiger charge is -2.14. The standard InChI is InChI=1S/C27H22N2/c1-18(2)27-28-25(20-12-7-4-8-13-20)24-17-16-22-21(19-10-5-3-6-11-19)14-9-15-23(22)26(24)29-27/h3-18H,1-2H3. The van der Waals surface area contributed by atoms with Crippen molar-refractivity contribution in [3.05, 3.63) is 96.8 Å². The molecule has 0 bridgehead atoms. The van der Waals surface area contributed by atoms with E-state index in [4.69, 9.17) is 9.97 Å². The zero-order chi connectivity index (χ0) is 19.8. The maximum atomic E-state index is 5.01. The Morgan fingerprint density at radius 2 is 1.21 bits per heavy atom. The van der Waals surface area contributed by atoms with Crippen LogP contribution >= 0.6 is 0 Å². The van der Waals surface area contributed by atoms with E-state index in [0.717, 1.165) is 28.0 Å². The minimum Gasteiger partial charge on any atom is -0.232 e. The van der Waals surface area contributed by atoms with E-state index in [2.05, 4.69) is 98.8 Å². The Kier molecular flexibility index (Phi) is 4.33. The molecule has 0 fully saturated rings. The molecule has 0 amide bonds. The Morgan fingerprint density at radius 1 is 0.552 bits per heavy atom. The van der Waals surface area contributed by atoms with E-state index >= 15 is 0 Å². The second-order valence-corrected chi connectivity index (χ2v) is 7.68. The highest BCUT2D eigenvalue weighted by molar-refractivity contribution is 6.13. The van der Waals surface area contributed by atoms with Crippen molar-refractivity contribution in [1.29, 1.82) is 0 Å². The predicted molar refractivity (Wildman–Crippen MR) is 122 cm³/mol. The number of nitrogens with zero attached hydrogens (tertiary/aromatic N) is 2. The summed E-state index contributed by atoms with van der Waals surface area (Å²) in [6.45, 7) is 4.30. The zero-order valence-electron chi connectivity index (χ0n) is 16.6. The van der Waals surface area contributed by atoms with E-state index < -0.39 is 0 Å². The van der Waals surface area contributed by atoms with E-state index in [9.17, 15) is 0 Å². The molecule has 0 saturated heterocycles. The summed E-state index contributed by atoms with van der Waals surface area (Å²) in [7, 11) is 0. The molecule has 1 heterocycles. The summed E-state index contributed by atoms with van der Waals surface area (Å²) >= 11 is 0. The van der Waals surface area contributed by atoms with Crippen LogP contribution in [0.5, 0.6) is 0 Å². The Hall–Kier alpha value is -3.52. The lowest BCUT2D eigenvalue weighted by molar-refractivity contribution is 0.785. The molecule has 5 rings (SSSR count). The molecule has 29 heavy (non-hydrogen) atoms. The molecule has 0 atom stereocenters. The Bertz CT molecular complexity index is 1310. The van der Waals surface area contributed by atoms with Crippen LogP contribution in [0, 0.1) is 0 Å². The Morgan fingerprint density at radius 3 is 1.90 bits per heavy atom. The van der Waals surface area contributed by atoms with Gasteiger partial charge in [0.15, 0.2) is 0 Å². The summed E-state index contributed by atoms with van der Waals surface area (Å²) in [5.41, 5.74) is 5.61. The molecule has 0 aliphatic heterocycles. The first-order valence-electron chi connectivity index (χ1n) is 10.1. The summed E-state index contributed by atoms with van der Waals surface area (Å²) in [6, 6.07) is 31.8. The van der Waals surface area contributed by atoms with Gasteiger partial charge in [-0.05, 0) is 22.6 Å². The molecule has 0 spiro atoms. The van der Waals surface area contributed by atoms with Crippen molar-refractivity contribution in [2.75, 3.05) is 0 Å². The van der Waals surface area contributed by atoms with Gasteiger partial charge in [-0.1, -0.05) is 98.8 Å². The number of hydrogen-bond donors (Lipinski definition) is 0. The highest BCUT2D eigenvalue weighted by Gasteiger charge is 2.15. The van der Waals surface area contributed by atoms with Crippen LogP contribution < -0.4 is 0 Å². The third-order valence-electron chi connectivity index (χ3n) is 5.39. The molecule has 2 nitrogen and oxygen atoms in total. The molecule has 0 saturated carbocycles. The van der Waals surface area contributed by atoms with E-state index in [1.165, 1.54) is 21.9 Å². The lowest BCUT2D eigenvalue weighted by Crippen LogP contribution is -2.01. The fraction of sp³-hybridized carbons (Fsp3) is 0.111. The monoisotopic (exact) mass is 374 g/mol. The molecule has 1 aromatic heterocycles. The molecule has 0 unspecified atom stereocenters. The van der Waals surface area contributed by atoms with Gasteiger partial charge in [0.1, 0.15) is 5.82 Å². The van der Waals surface area contributed by atoms with Crippen LogP contribution in [0.2, 0.25) is 0 Å². The number of fused-ring (bicyclic) bond motifs is 3. The fourth-order valence-electron chi connectivity index (χ4n) is 3.91. The van der Waals surface area contributed by atoms with Gasteiger partial charge in [0.2, 0.25) is 0 Å². The molecule has 2 heteroatoms. The number of aromatic nitrogens is 2. The van der Waals surface area contributed by atoms with Crippen LogP contribution in [-0.4, -0.2) is 9.97 Å². The molecule has 140 valence electrons. The first-order chi connectivity index (χ1) is 14.2. The molecule has 4 aromatic carbocycles. The van der Waals surface area contributed by atoms with Crippen molar-refractivity contribution < 1.29 is 0 Å². The van der Waals surface area contributed by atoms with Crippen molar-refractivity contribution in [2.45, 2.75) is 19.8 Å². The van der Waals surface area contributed by atoms with Gasteiger partial charge < -0.3 is 0 Å². The summed E-state index contributed by atoms with van der Waals surface area (Å²) in [5.74, 6) is 1.14. The van der Waals surface area contributed by atoms with Crippen LogP contribution in [0.25, 0.3) is 44.1 Å². The summed E-state index contributed by atoms with van der Waals surface area (Å²) < 4.78 is 0. The van der Waals surface area contributed by atoms with Crippen molar-refractivity contribution >= 4 is 21.7 Å². The second-order valence-electron chi connectivity index (χ2n) is 7.68. The van der Waals surface area contributed by atoms with Crippen molar-refractivity contribution in [3.8, 4) is 22.4 Å². The van der Waals surface area contributed by atoms with Gasteiger partial charge in [-0.15, -0.1) is 0 Å². The zero-order valence-corrected chi connectivity index (χ0v) is 16.6. The topological polar surface area (TPSA) is 25.8 Å². The van der Waals surface area contributed by atoms with Gasteiger partial charge in [0, 0.05) is 22.3 Å². The minimum atomic E-state index is 0.259. The Labute approximate surface area is 170 Å². The Balaban J connectivity index is 1.87. The smallest absolute Gasteiger partial charge is 0.132 e. The maximum absolute atomic E-state index is 5.01. The van der Waals surface area contributed by atoms with Crippen LogP contribution in [-0.2, 0) is 0 Å². The van der Waals surface area contributed by atoms with Gasteiger partial charge in [0.25, 0.3) is 0 Å². The average molecular weight is 374 g/mol. The van der Waals surface area contributed by atoms with Crippen molar-refractivity contribution in [3.63, 3.8) is 0 Å². The first kappa shape index (κ1) is 17.6. The number of hydrogen-bond acceptors (Lipinski definition) is 2. The fourth-order valence-corrected chi connectivity index (χ4v) is 3.91. The molecular weight excluding hydrogens is 352 g/mol. The summed E-state index contributed by atoms with van der Waals surface area (Å²) in [5, 5.41) is 3.49.